The Morgan fingerprint density at radius 1 is 0.727 bits per heavy atom. The summed E-state index contributed by atoms with van der Waals surface area (Å²) in [7, 11) is 1.22. The highest BCUT2D eigenvalue weighted by Crippen LogP contribution is 2.49. The van der Waals surface area contributed by atoms with Crippen molar-refractivity contribution >= 4 is 34.9 Å². The molecule has 2 aliphatic carbocycles. The van der Waals surface area contributed by atoms with E-state index in [2.05, 4.69) is 10.1 Å². The number of hydrogen-bond acceptors (Lipinski definition) is 6. The lowest BCUT2D eigenvalue weighted by molar-refractivity contribution is 0.0612. The van der Waals surface area contributed by atoms with E-state index in [4.69, 9.17) is 0 Å². The van der Waals surface area contributed by atoms with Crippen molar-refractivity contribution in [2.45, 2.75) is 5.41 Å². The minimum absolute atomic E-state index is 0.177. The second-order valence-corrected chi connectivity index (χ2v) is 7.91. The van der Waals surface area contributed by atoms with Gasteiger partial charge in [0, 0.05) is 27.9 Å². The molecule has 33 heavy (non-hydrogen) atoms. The summed E-state index contributed by atoms with van der Waals surface area (Å²) in [6.07, 6.45) is -0.686. The Labute approximate surface area is 188 Å². The minimum Gasteiger partial charge on any atom is -0.453 e. The van der Waals surface area contributed by atoms with Crippen molar-refractivity contribution in [3.05, 3.63) is 101 Å². The number of rotatable bonds is 3. The summed E-state index contributed by atoms with van der Waals surface area (Å²) in [6, 6.07) is 18.6. The molecule has 162 valence electrons. The molecular weight excluding hydrogens is 422 g/mol. The molecule has 0 aromatic heterocycles. The number of benzene rings is 3. The maximum atomic E-state index is 13.9. The molecule has 0 saturated heterocycles. The molecule has 5 rings (SSSR count). The van der Waals surface area contributed by atoms with E-state index in [1.165, 1.54) is 55.6 Å². The number of carbonyl (C=O) groups is 5. The van der Waals surface area contributed by atoms with Crippen molar-refractivity contribution in [3.8, 4) is 0 Å². The summed E-state index contributed by atoms with van der Waals surface area (Å²) in [6.45, 7) is 0. The lowest BCUT2D eigenvalue weighted by atomic mass is 9.64. The molecule has 0 atom stereocenters. The van der Waals surface area contributed by atoms with E-state index >= 15 is 0 Å². The van der Waals surface area contributed by atoms with E-state index < -0.39 is 40.6 Å². The Balaban J connectivity index is 1.72. The van der Waals surface area contributed by atoms with Crippen LogP contribution in [0, 0.1) is 5.92 Å². The van der Waals surface area contributed by atoms with Gasteiger partial charge in [-0.2, -0.15) is 0 Å². The molecule has 0 aliphatic heterocycles. The summed E-state index contributed by atoms with van der Waals surface area (Å²) < 4.78 is 4.58. The fraction of sp³-hybridized carbons (Fsp3) is 0.115. The monoisotopic (exact) mass is 439 g/mol. The second kappa shape index (κ2) is 7.34. The van der Waals surface area contributed by atoms with Crippen LogP contribution in [0.5, 0.6) is 0 Å². The summed E-state index contributed by atoms with van der Waals surface area (Å²) in [5.41, 5.74) is -0.695. The smallest absolute Gasteiger partial charge is 0.411 e. The lowest BCUT2D eigenvalue weighted by Gasteiger charge is -2.31. The zero-order valence-corrected chi connectivity index (χ0v) is 17.5. The average Bonchev–Trinajstić information content (AvgIpc) is 3.23. The fourth-order valence-corrected chi connectivity index (χ4v) is 4.82. The predicted octanol–water partition coefficient (Wildman–Crippen LogP) is 3.88. The van der Waals surface area contributed by atoms with Crippen LogP contribution in [-0.2, 0) is 10.2 Å². The van der Waals surface area contributed by atoms with Crippen LogP contribution in [0.15, 0.2) is 72.8 Å². The number of ether oxygens (including phenoxy) is 1. The maximum absolute atomic E-state index is 13.9. The molecular formula is C26H17NO6. The third kappa shape index (κ3) is 2.72. The molecule has 0 fully saturated rings. The van der Waals surface area contributed by atoms with E-state index in [1.807, 2.05) is 0 Å². The molecule has 7 heteroatoms. The standard InChI is InChI=1S/C26H17NO6/c1-33-25(32)27-15-12-10-14(11-13-15)26(23(30)18-8-4-5-9-19(18)24(26)31)20-21(28)16-6-2-3-7-17(16)22(20)29/h2-13,20H,1H3,(H,27,32). The Hall–Kier alpha value is -4.39. The molecule has 0 spiro atoms. The van der Waals surface area contributed by atoms with Crippen LogP contribution in [0.3, 0.4) is 0 Å². The highest BCUT2D eigenvalue weighted by atomic mass is 16.5. The number of methoxy groups -OCH3 is 1. The normalized spacial score (nSPS) is 16.5. The lowest BCUT2D eigenvalue weighted by Crippen LogP contribution is -2.50. The van der Waals surface area contributed by atoms with Crippen molar-refractivity contribution in [1.29, 1.82) is 0 Å². The van der Waals surface area contributed by atoms with Crippen LogP contribution < -0.4 is 5.32 Å². The van der Waals surface area contributed by atoms with Gasteiger partial charge in [-0.15, -0.1) is 0 Å². The van der Waals surface area contributed by atoms with Gasteiger partial charge in [0.15, 0.2) is 23.1 Å². The van der Waals surface area contributed by atoms with Gasteiger partial charge in [-0.3, -0.25) is 24.5 Å². The first-order chi connectivity index (χ1) is 15.9. The van der Waals surface area contributed by atoms with Crippen LogP contribution >= 0.6 is 0 Å². The second-order valence-electron chi connectivity index (χ2n) is 7.91. The Kier molecular flexibility index (Phi) is 4.56. The summed E-state index contributed by atoms with van der Waals surface area (Å²) in [5.74, 6) is -3.79. The number of amides is 1. The number of ketones is 4. The maximum Gasteiger partial charge on any atom is 0.411 e. The number of carbonyl (C=O) groups excluding carboxylic acids is 5. The van der Waals surface area contributed by atoms with Crippen LogP contribution in [-0.4, -0.2) is 36.3 Å². The van der Waals surface area contributed by atoms with E-state index in [0.717, 1.165) is 0 Å². The first kappa shape index (κ1) is 20.5. The predicted molar refractivity (Wildman–Crippen MR) is 118 cm³/mol. The van der Waals surface area contributed by atoms with Gasteiger partial charge in [-0.1, -0.05) is 60.7 Å². The average molecular weight is 439 g/mol. The molecule has 0 saturated carbocycles. The minimum atomic E-state index is -2.03. The first-order valence-electron chi connectivity index (χ1n) is 10.2. The fourth-order valence-electron chi connectivity index (χ4n) is 4.82. The quantitative estimate of drug-likeness (QED) is 0.621. The zero-order chi connectivity index (χ0) is 23.3. The Bertz CT molecular complexity index is 1300. The topological polar surface area (TPSA) is 107 Å². The SMILES string of the molecule is COC(=O)Nc1ccc(C2(C3C(=O)c4ccccc4C3=O)C(=O)c3ccccc3C2=O)cc1. The number of hydrogen-bond donors (Lipinski definition) is 1. The molecule has 0 heterocycles. The number of Topliss-reactive ketones (excluding diaryl/α,β-unsaturated/α-hetero) is 4. The number of nitrogens with one attached hydrogen (secondary N) is 1. The summed E-state index contributed by atoms with van der Waals surface area (Å²) >= 11 is 0. The summed E-state index contributed by atoms with van der Waals surface area (Å²) in [5, 5.41) is 2.50. The van der Waals surface area contributed by atoms with Gasteiger partial charge in [0.2, 0.25) is 0 Å². The Morgan fingerprint density at radius 2 is 1.18 bits per heavy atom. The molecule has 0 radical (unpaired) electrons. The first-order valence-corrected chi connectivity index (χ1v) is 10.2. The van der Waals surface area contributed by atoms with Crippen LogP contribution in [0.2, 0.25) is 0 Å². The van der Waals surface area contributed by atoms with E-state index in [0.29, 0.717) is 5.69 Å². The van der Waals surface area contributed by atoms with Gasteiger partial charge in [0.1, 0.15) is 11.3 Å². The van der Waals surface area contributed by atoms with Crippen LogP contribution in [0.25, 0.3) is 0 Å². The highest BCUT2D eigenvalue weighted by molar-refractivity contribution is 6.40. The van der Waals surface area contributed by atoms with Gasteiger partial charge in [0.25, 0.3) is 0 Å². The Morgan fingerprint density at radius 3 is 1.64 bits per heavy atom. The van der Waals surface area contributed by atoms with Gasteiger partial charge < -0.3 is 4.74 Å². The highest BCUT2D eigenvalue weighted by Gasteiger charge is 2.65. The van der Waals surface area contributed by atoms with Gasteiger partial charge in [-0.05, 0) is 17.7 Å². The molecule has 3 aromatic rings. The van der Waals surface area contributed by atoms with Gasteiger partial charge >= 0.3 is 6.09 Å². The van der Waals surface area contributed by atoms with Crippen molar-refractivity contribution < 1.29 is 28.7 Å². The molecule has 1 N–H and O–H groups in total. The zero-order valence-electron chi connectivity index (χ0n) is 17.5. The molecule has 2 aliphatic rings. The van der Waals surface area contributed by atoms with Crippen molar-refractivity contribution in [1.82, 2.24) is 0 Å². The molecule has 0 bridgehead atoms. The molecule has 1 amide bonds. The van der Waals surface area contributed by atoms with Crippen molar-refractivity contribution in [3.63, 3.8) is 0 Å². The molecule has 7 nitrogen and oxygen atoms in total. The van der Waals surface area contributed by atoms with Crippen LogP contribution in [0.1, 0.15) is 47.0 Å². The van der Waals surface area contributed by atoms with Crippen molar-refractivity contribution in [2.24, 2.45) is 5.92 Å². The van der Waals surface area contributed by atoms with E-state index in [1.54, 1.807) is 24.3 Å². The largest absolute Gasteiger partial charge is 0.453 e. The van der Waals surface area contributed by atoms with Gasteiger partial charge in [0.05, 0.1) is 7.11 Å². The van der Waals surface area contributed by atoms with Crippen molar-refractivity contribution in [2.75, 3.05) is 12.4 Å². The van der Waals surface area contributed by atoms with E-state index in [9.17, 15) is 24.0 Å². The van der Waals surface area contributed by atoms with Gasteiger partial charge in [-0.25, -0.2) is 4.79 Å². The molecule has 0 unspecified atom stereocenters. The third-order valence-electron chi connectivity index (χ3n) is 6.32. The third-order valence-corrected chi connectivity index (χ3v) is 6.32. The van der Waals surface area contributed by atoms with Crippen LogP contribution in [0.4, 0.5) is 10.5 Å². The number of fused-ring (bicyclic) bond motifs is 2. The number of anilines is 1. The van der Waals surface area contributed by atoms with E-state index in [-0.39, 0.29) is 27.8 Å². The summed E-state index contributed by atoms with van der Waals surface area (Å²) in [4.78, 5) is 66.2. The molecule has 3 aromatic carbocycles.